The number of carboxylic acids is 1. The average molecular weight is 362 g/mol. The van der Waals surface area contributed by atoms with Crippen molar-refractivity contribution in [3.05, 3.63) is 28.3 Å². The molecule has 1 rings (SSSR count). The lowest BCUT2D eigenvalue weighted by Crippen LogP contribution is -2.40. The van der Waals surface area contributed by atoms with E-state index in [0.29, 0.717) is 5.75 Å². The smallest absolute Gasteiger partial charge is 0.304 e. The highest BCUT2D eigenvalue weighted by Crippen LogP contribution is 2.29. The number of non-ortho nitro benzene ring substituents is 1. The summed E-state index contributed by atoms with van der Waals surface area (Å²) in [6, 6.07) is 3.27. The van der Waals surface area contributed by atoms with Crippen molar-refractivity contribution in [2.45, 2.75) is 19.4 Å². The second-order valence-electron chi connectivity index (χ2n) is 4.93. The van der Waals surface area contributed by atoms with Gasteiger partial charge in [0.05, 0.1) is 30.2 Å². The van der Waals surface area contributed by atoms with Crippen LogP contribution in [-0.2, 0) is 9.59 Å². The highest BCUT2D eigenvalue weighted by atomic mass is 35.5. The lowest BCUT2D eigenvalue weighted by Gasteiger charge is -2.23. The summed E-state index contributed by atoms with van der Waals surface area (Å²) in [4.78, 5) is 34.6. The lowest BCUT2D eigenvalue weighted by atomic mass is 10.2. The van der Waals surface area contributed by atoms with Crippen LogP contribution < -0.4 is 10.1 Å². The Kier molecular flexibility index (Phi) is 8.72. The monoisotopic (exact) mass is 361 g/mol. The Hall–Kier alpha value is -2.39. The van der Waals surface area contributed by atoms with Crippen LogP contribution in [-0.4, -0.2) is 53.6 Å². The van der Waals surface area contributed by atoms with Crippen LogP contribution in [0.2, 0.25) is 0 Å². The molecule has 134 valence electrons. The Morgan fingerprint density at radius 2 is 2.08 bits per heavy atom. The number of likely N-dealkylation sites (N-methyl/N-ethyl adjacent to an activating group) is 1. The molecule has 10 heteroatoms. The maximum Gasteiger partial charge on any atom is 0.304 e. The van der Waals surface area contributed by atoms with Crippen LogP contribution in [0.15, 0.2) is 18.2 Å². The first-order valence-corrected chi connectivity index (χ1v) is 6.81. The van der Waals surface area contributed by atoms with Gasteiger partial charge in [-0.2, -0.15) is 0 Å². The molecule has 1 aromatic carbocycles. The number of nitrogens with one attached hydrogen (secondary N) is 1. The number of halogens is 1. The van der Waals surface area contributed by atoms with Crippen LogP contribution in [0, 0.1) is 10.1 Å². The molecule has 0 saturated carbocycles. The maximum atomic E-state index is 12.2. The predicted octanol–water partition coefficient (Wildman–Crippen LogP) is 1.76. The van der Waals surface area contributed by atoms with E-state index in [0.717, 1.165) is 0 Å². The van der Waals surface area contributed by atoms with Gasteiger partial charge in [-0.1, -0.05) is 0 Å². The predicted molar refractivity (Wildman–Crippen MR) is 89.9 cm³/mol. The van der Waals surface area contributed by atoms with E-state index in [1.54, 1.807) is 18.9 Å². The number of methoxy groups -OCH3 is 1. The molecule has 0 fully saturated rings. The Balaban J connectivity index is 0.00000529. The van der Waals surface area contributed by atoms with E-state index in [1.165, 1.54) is 25.3 Å². The Morgan fingerprint density at radius 1 is 1.46 bits per heavy atom. The summed E-state index contributed by atoms with van der Waals surface area (Å²) in [5.41, 5.74) is 0.0122. The molecule has 1 aromatic rings. The van der Waals surface area contributed by atoms with Crippen LogP contribution in [0.5, 0.6) is 5.75 Å². The van der Waals surface area contributed by atoms with E-state index >= 15 is 0 Å². The van der Waals surface area contributed by atoms with Gasteiger partial charge in [0.1, 0.15) is 5.75 Å². The molecule has 0 aliphatic rings. The molecule has 0 aromatic heterocycles. The van der Waals surface area contributed by atoms with Crippen LogP contribution in [0.25, 0.3) is 0 Å². The highest BCUT2D eigenvalue weighted by Gasteiger charge is 2.21. The van der Waals surface area contributed by atoms with E-state index in [4.69, 9.17) is 9.84 Å². The number of carbonyl (C=O) groups is 2. The zero-order valence-electron chi connectivity index (χ0n) is 13.5. The van der Waals surface area contributed by atoms with Gasteiger partial charge in [-0.25, -0.2) is 0 Å². The molecular weight excluding hydrogens is 342 g/mol. The van der Waals surface area contributed by atoms with Crippen molar-refractivity contribution in [1.29, 1.82) is 0 Å². The van der Waals surface area contributed by atoms with Crippen LogP contribution >= 0.6 is 12.4 Å². The zero-order valence-corrected chi connectivity index (χ0v) is 14.3. The van der Waals surface area contributed by atoms with Gasteiger partial charge in [-0.15, -0.1) is 12.4 Å². The van der Waals surface area contributed by atoms with E-state index in [2.05, 4.69) is 5.32 Å². The number of aliphatic carboxylic acids is 1. The fourth-order valence-corrected chi connectivity index (χ4v) is 1.81. The van der Waals surface area contributed by atoms with Gasteiger partial charge in [0.2, 0.25) is 5.91 Å². The summed E-state index contributed by atoms with van der Waals surface area (Å²) >= 11 is 0. The first-order valence-electron chi connectivity index (χ1n) is 6.81. The number of carbonyl (C=O) groups excluding carboxylic acids is 1. The van der Waals surface area contributed by atoms with Gasteiger partial charge in [-0.05, 0) is 20.0 Å². The van der Waals surface area contributed by atoms with Gasteiger partial charge in [0.15, 0.2) is 0 Å². The van der Waals surface area contributed by atoms with Crippen molar-refractivity contribution in [3.63, 3.8) is 0 Å². The van der Waals surface area contributed by atoms with Crippen LogP contribution in [0.3, 0.4) is 0 Å². The standard InChI is InChI=1S/C14H19N3O6.ClH/c1-9(16(2)7-6-13(18)19)14(20)15-11-8-10(17(21)22)4-5-12(11)23-3;/h4-5,8-9H,6-7H2,1-3H3,(H,15,20)(H,18,19);1H. The first kappa shape index (κ1) is 21.6. The number of nitro benzene ring substituents is 1. The summed E-state index contributed by atoms with van der Waals surface area (Å²) in [6.07, 6.45) is -0.0890. The average Bonchev–Trinajstić information content (AvgIpc) is 2.51. The second kappa shape index (κ2) is 9.68. The summed E-state index contributed by atoms with van der Waals surface area (Å²) in [7, 11) is 3.01. The van der Waals surface area contributed by atoms with E-state index in [-0.39, 0.29) is 36.7 Å². The van der Waals surface area contributed by atoms with Gasteiger partial charge in [0.25, 0.3) is 5.69 Å². The fraction of sp³-hybridized carbons (Fsp3) is 0.429. The number of hydrogen-bond acceptors (Lipinski definition) is 6. The van der Waals surface area contributed by atoms with E-state index < -0.39 is 22.8 Å². The summed E-state index contributed by atoms with van der Waals surface area (Å²) in [5, 5.41) is 22.0. The molecule has 0 aliphatic carbocycles. The minimum Gasteiger partial charge on any atom is -0.495 e. The highest BCUT2D eigenvalue weighted by molar-refractivity contribution is 5.96. The number of nitrogens with zero attached hydrogens (tertiary/aromatic N) is 2. The van der Waals surface area contributed by atoms with Crippen molar-refractivity contribution >= 4 is 35.7 Å². The molecule has 24 heavy (non-hydrogen) atoms. The number of carboxylic acid groups (broad SMARTS) is 1. The number of nitro groups is 1. The molecule has 0 saturated heterocycles. The van der Waals surface area contributed by atoms with Gasteiger partial charge in [-0.3, -0.25) is 24.6 Å². The van der Waals surface area contributed by atoms with Gasteiger partial charge < -0.3 is 15.2 Å². The summed E-state index contributed by atoms with van der Waals surface area (Å²) in [5.74, 6) is -1.08. The molecular formula is C14H20ClN3O6. The maximum absolute atomic E-state index is 12.2. The Morgan fingerprint density at radius 3 is 2.58 bits per heavy atom. The Bertz CT molecular complexity index is 610. The lowest BCUT2D eigenvalue weighted by molar-refractivity contribution is -0.384. The third-order valence-electron chi connectivity index (χ3n) is 3.37. The molecule has 0 bridgehead atoms. The minimum atomic E-state index is -0.954. The quantitative estimate of drug-likeness (QED) is 0.534. The minimum absolute atomic E-state index is 0. The normalized spacial score (nSPS) is 11.3. The molecule has 0 radical (unpaired) electrons. The number of amides is 1. The SMILES string of the molecule is COc1ccc([N+](=O)[O-])cc1NC(=O)C(C)N(C)CCC(=O)O.Cl. The van der Waals surface area contributed by atoms with Gasteiger partial charge in [0, 0.05) is 18.7 Å². The number of benzene rings is 1. The number of rotatable bonds is 8. The van der Waals surface area contributed by atoms with E-state index in [9.17, 15) is 19.7 Å². The summed E-state index contributed by atoms with van der Waals surface area (Å²) < 4.78 is 5.07. The van der Waals surface area contributed by atoms with Crippen molar-refractivity contribution in [1.82, 2.24) is 4.90 Å². The van der Waals surface area contributed by atoms with Crippen molar-refractivity contribution in [2.24, 2.45) is 0 Å². The number of hydrogen-bond donors (Lipinski definition) is 2. The van der Waals surface area contributed by atoms with Crippen molar-refractivity contribution < 1.29 is 24.4 Å². The first-order chi connectivity index (χ1) is 10.8. The van der Waals surface area contributed by atoms with Crippen molar-refractivity contribution in [3.8, 4) is 5.75 Å². The molecule has 1 atom stereocenters. The molecule has 0 spiro atoms. The summed E-state index contributed by atoms with van der Waals surface area (Å²) in [6.45, 7) is 1.82. The third kappa shape index (κ3) is 6.01. The molecule has 0 heterocycles. The molecule has 9 nitrogen and oxygen atoms in total. The molecule has 2 N–H and O–H groups in total. The number of ether oxygens (including phenoxy) is 1. The number of anilines is 1. The molecule has 1 amide bonds. The largest absolute Gasteiger partial charge is 0.495 e. The second-order valence-corrected chi connectivity index (χ2v) is 4.93. The van der Waals surface area contributed by atoms with Crippen molar-refractivity contribution in [2.75, 3.05) is 26.0 Å². The third-order valence-corrected chi connectivity index (χ3v) is 3.37. The molecule has 0 aliphatic heterocycles. The van der Waals surface area contributed by atoms with Crippen LogP contribution in [0.1, 0.15) is 13.3 Å². The fourth-order valence-electron chi connectivity index (χ4n) is 1.81. The molecule has 1 unspecified atom stereocenters. The Labute approximate surface area is 145 Å². The van der Waals surface area contributed by atoms with E-state index in [1.807, 2.05) is 0 Å². The van der Waals surface area contributed by atoms with Gasteiger partial charge >= 0.3 is 5.97 Å². The topological polar surface area (TPSA) is 122 Å². The van der Waals surface area contributed by atoms with Crippen LogP contribution in [0.4, 0.5) is 11.4 Å². The zero-order chi connectivity index (χ0) is 17.6.